The molecule has 7 nitrogen and oxygen atoms in total. The number of carboxylic acid groups (broad SMARTS) is 1. The number of nitrogens with one attached hydrogen (secondary N) is 1. The Morgan fingerprint density at radius 3 is 2.16 bits per heavy atom. The van der Waals surface area contributed by atoms with Crippen LogP contribution in [0.15, 0.2) is 66.0 Å². The van der Waals surface area contributed by atoms with Gasteiger partial charge in [0.15, 0.2) is 0 Å². The maximum absolute atomic E-state index is 12.1. The molecular formula is C22H22N2O5S2. The summed E-state index contributed by atoms with van der Waals surface area (Å²) in [4.78, 5) is 24.3. The first kappa shape index (κ1) is 22.7. The predicted octanol–water partition coefficient (Wildman–Crippen LogP) is 4.86. The van der Waals surface area contributed by atoms with E-state index in [4.69, 9.17) is 0 Å². The van der Waals surface area contributed by atoms with E-state index in [2.05, 4.69) is 5.32 Å². The molecular weight excluding hydrogens is 436 g/mol. The van der Waals surface area contributed by atoms with Gasteiger partial charge < -0.3 is 10.4 Å². The lowest BCUT2D eigenvalue weighted by atomic mass is 10.0. The molecule has 0 aliphatic heterocycles. The van der Waals surface area contributed by atoms with Crippen molar-refractivity contribution in [3.8, 4) is 11.1 Å². The zero-order valence-electron chi connectivity index (χ0n) is 16.7. The number of hydrogen-bond donors (Lipinski definition) is 3. The molecule has 3 rings (SSSR count). The van der Waals surface area contributed by atoms with Crippen molar-refractivity contribution in [3.05, 3.63) is 70.9 Å². The summed E-state index contributed by atoms with van der Waals surface area (Å²) in [6.07, 6.45) is 0.820. The molecule has 2 unspecified atom stereocenters. The second-order valence-corrected chi connectivity index (χ2v) is 8.56. The van der Waals surface area contributed by atoms with E-state index in [1.165, 1.54) is 11.3 Å². The molecule has 0 bridgehead atoms. The van der Waals surface area contributed by atoms with Gasteiger partial charge in [0, 0.05) is 5.69 Å². The van der Waals surface area contributed by atoms with Crippen molar-refractivity contribution in [1.82, 2.24) is 0 Å². The van der Waals surface area contributed by atoms with E-state index in [0.29, 0.717) is 22.7 Å². The molecule has 0 saturated carbocycles. The van der Waals surface area contributed by atoms with Gasteiger partial charge in [-0.15, -0.1) is 11.3 Å². The van der Waals surface area contributed by atoms with Gasteiger partial charge in [-0.05, 0) is 53.3 Å². The first-order chi connectivity index (χ1) is 14.9. The second-order valence-electron chi connectivity index (χ2n) is 6.75. The van der Waals surface area contributed by atoms with Crippen LogP contribution in [0, 0.1) is 0 Å². The number of anilines is 2. The van der Waals surface area contributed by atoms with Crippen LogP contribution in [0.25, 0.3) is 11.1 Å². The van der Waals surface area contributed by atoms with Gasteiger partial charge in [0.05, 0.1) is 10.6 Å². The Morgan fingerprint density at radius 1 is 1.06 bits per heavy atom. The Balaban J connectivity index is 1.76. The Kier molecular flexibility index (Phi) is 7.56. The highest BCUT2D eigenvalue weighted by Gasteiger charge is 2.29. The summed E-state index contributed by atoms with van der Waals surface area (Å²) in [7, 11) is 0. The molecule has 0 aliphatic rings. The summed E-state index contributed by atoms with van der Waals surface area (Å²) in [6, 6.07) is 16.6. The Bertz CT molecular complexity index is 1050. The van der Waals surface area contributed by atoms with Crippen LogP contribution in [0.4, 0.5) is 11.4 Å². The van der Waals surface area contributed by atoms with Crippen molar-refractivity contribution in [2.75, 3.05) is 9.62 Å². The molecule has 2 aromatic carbocycles. The molecule has 2 atom stereocenters. The molecule has 3 N–H and O–H groups in total. The lowest BCUT2D eigenvalue weighted by Crippen LogP contribution is -2.42. The van der Waals surface area contributed by atoms with Gasteiger partial charge in [0.2, 0.25) is 0 Å². The molecule has 0 radical (unpaired) electrons. The molecule has 9 heteroatoms. The van der Waals surface area contributed by atoms with E-state index in [0.717, 1.165) is 15.4 Å². The minimum Gasteiger partial charge on any atom is -0.480 e. The van der Waals surface area contributed by atoms with Crippen LogP contribution in [-0.2, 0) is 16.1 Å². The average Bonchev–Trinajstić information content (AvgIpc) is 3.29. The Hall–Kier alpha value is -3.01. The molecule has 0 spiro atoms. The van der Waals surface area contributed by atoms with E-state index in [1.807, 2.05) is 30.5 Å². The zero-order chi connectivity index (χ0) is 22.4. The second kappa shape index (κ2) is 10.3. The molecule has 0 aliphatic carbocycles. The summed E-state index contributed by atoms with van der Waals surface area (Å²) in [5, 5.41) is 14.1. The summed E-state index contributed by atoms with van der Waals surface area (Å²) >= 11 is -1.10. The third-order valence-electron chi connectivity index (χ3n) is 4.64. The zero-order valence-corrected chi connectivity index (χ0v) is 18.4. The molecule has 162 valence electrons. The standard InChI is InChI=1S/C22H22N2O5S2/c1-2-4-19(22(26)27)24(31(28)29)18-12-8-16(9-13-18)15-6-10-17(11-7-15)23-21(25)20-5-3-14-30-20/h3,5-14,19H,2,4H2,1H3,(H,23,25)(H,26,27)(H,28,29). The first-order valence-corrected chi connectivity index (χ1v) is 11.5. The first-order valence-electron chi connectivity index (χ1n) is 9.59. The third-order valence-corrected chi connectivity index (χ3v) is 6.31. The molecule has 0 fully saturated rings. The third kappa shape index (κ3) is 5.57. The van der Waals surface area contributed by atoms with Gasteiger partial charge in [-0.1, -0.05) is 43.7 Å². The van der Waals surface area contributed by atoms with E-state index >= 15 is 0 Å². The Morgan fingerprint density at radius 2 is 1.68 bits per heavy atom. The van der Waals surface area contributed by atoms with Crippen molar-refractivity contribution in [1.29, 1.82) is 0 Å². The fourth-order valence-corrected chi connectivity index (χ4v) is 4.48. The predicted molar refractivity (Wildman–Crippen MR) is 124 cm³/mol. The number of hydrogen-bond acceptors (Lipinski definition) is 4. The van der Waals surface area contributed by atoms with E-state index in [1.54, 1.807) is 42.5 Å². The highest BCUT2D eigenvalue weighted by molar-refractivity contribution is 7.80. The van der Waals surface area contributed by atoms with Crippen LogP contribution in [0.5, 0.6) is 0 Å². The van der Waals surface area contributed by atoms with Gasteiger partial charge >= 0.3 is 5.97 Å². The molecule has 1 amide bonds. The minimum absolute atomic E-state index is 0.163. The number of amides is 1. The van der Waals surface area contributed by atoms with Crippen LogP contribution in [0.1, 0.15) is 29.4 Å². The van der Waals surface area contributed by atoms with Gasteiger partial charge in [-0.2, -0.15) is 0 Å². The minimum atomic E-state index is -2.47. The number of rotatable bonds is 9. The average molecular weight is 459 g/mol. The van der Waals surface area contributed by atoms with E-state index in [9.17, 15) is 23.5 Å². The molecule has 1 aromatic heterocycles. The van der Waals surface area contributed by atoms with Gasteiger partial charge in [-0.25, -0.2) is 9.00 Å². The van der Waals surface area contributed by atoms with Crippen molar-refractivity contribution in [2.24, 2.45) is 0 Å². The summed E-state index contributed by atoms with van der Waals surface area (Å²) in [6.45, 7) is 1.82. The number of aliphatic carboxylic acids is 1. The van der Waals surface area contributed by atoms with Crippen LogP contribution >= 0.6 is 11.3 Å². The highest BCUT2D eigenvalue weighted by Crippen LogP contribution is 2.27. The molecule has 0 saturated heterocycles. The fraction of sp³-hybridized carbons (Fsp3) is 0.182. The lowest BCUT2D eigenvalue weighted by Gasteiger charge is -2.26. The fourth-order valence-electron chi connectivity index (χ4n) is 3.14. The highest BCUT2D eigenvalue weighted by atomic mass is 32.2. The normalized spacial score (nSPS) is 12.7. The number of nitrogens with zero attached hydrogens (tertiary/aromatic N) is 1. The summed E-state index contributed by atoms with van der Waals surface area (Å²) < 4.78 is 22.5. The number of carbonyl (C=O) groups excluding carboxylic acids is 1. The topological polar surface area (TPSA) is 107 Å². The molecule has 1 heterocycles. The van der Waals surface area contributed by atoms with Crippen molar-refractivity contribution >= 4 is 45.9 Å². The van der Waals surface area contributed by atoms with Crippen molar-refractivity contribution in [3.63, 3.8) is 0 Å². The van der Waals surface area contributed by atoms with Crippen LogP contribution in [0.2, 0.25) is 0 Å². The maximum atomic E-state index is 12.1. The quantitative estimate of drug-likeness (QED) is 0.397. The summed E-state index contributed by atoms with van der Waals surface area (Å²) in [5.41, 5.74) is 2.77. The van der Waals surface area contributed by atoms with Crippen LogP contribution in [-0.4, -0.2) is 31.8 Å². The number of benzene rings is 2. The SMILES string of the molecule is CCCC(C(=O)O)N(c1ccc(-c2ccc(NC(=O)c3cccs3)cc2)cc1)S(=O)O. The van der Waals surface area contributed by atoms with Crippen LogP contribution < -0.4 is 9.62 Å². The van der Waals surface area contributed by atoms with Crippen molar-refractivity contribution in [2.45, 2.75) is 25.8 Å². The van der Waals surface area contributed by atoms with Crippen molar-refractivity contribution < 1.29 is 23.5 Å². The Labute approximate surface area is 186 Å². The summed E-state index contributed by atoms with van der Waals surface area (Å²) in [5.74, 6) is -1.31. The largest absolute Gasteiger partial charge is 0.480 e. The van der Waals surface area contributed by atoms with E-state index in [-0.39, 0.29) is 12.3 Å². The molecule has 31 heavy (non-hydrogen) atoms. The lowest BCUT2D eigenvalue weighted by molar-refractivity contribution is -0.138. The van der Waals surface area contributed by atoms with Gasteiger partial charge in [0.25, 0.3) is 17.2 Å². The number of carboxylic acids is 1. The van der Waals surface area contributed by atoms with Gasteiger partial charge in [0.1, 0.15) is 6.04 Å². The van der Waals surface area contributed by atoms with E-state index < -0.39 is 23.3 Å². The number of thiophene rings is 1. The van der Waals surface area contributed by atoms with Gasteiger partial charge in [-0.3, -0.25) is 13.7 Å². The molecule has 3 aromatic rings. The maximum Gasteiger partial charge on any atom is 0.327 e. The monoisotopic (exact) mass is 458 g/mol. The smallest absolute Gasteiger partial charge is 0.327 e. The number of carbonyl (C=O) groups is 2. The van der Waals surface area contributed by atoms with Crippen LogP contribution in [0.3, 0.4) is 0 Å².